The van der Waals surface area contributed by atoms with E-state index in [9.17, 15) is 9.59 Å². The van der Waals surface area contributed by atoms with Crippen molar-refractivity contribution in [1.82, 2.24) is 10.3 Å². The maximum Gasteiger partial charge on any atom is 0.336 e. The van der Waals surface area contributed by atoms with Gasteiger partial charge >= 0.3 is 11.9 Å². The lowest BCUT2D eigenvalue weighted by molar-refractivity contribution is -0.150. The molecule has 3 rings (SSSR count). The zero-order chi connectivity index (χ0) is 19.6. The van der Waals surface area contributed by atoms with Gasteiger partial charge in [-0.1, -0.05) is 30.3 Å². The first-order valence-corrected chi connectivity index (χ1v) is 9.45. The fraction of sp³-hybridized carbons (Fsp3) is 0.350. The number of allylic oxidation sites excluding steroid dienone is 1. The Morgan fingerprint density at radius 3 is 2.44 bits per heavy atom. The van der Waals surface area contributed by atoms with E-state index in [1.54, 1.807) is 6.20 Å². The van der Waals surface area contributed by atoms with Crippen molar-refractivity contribution >= 4 is 23.3 Å². The molecule has 6 nitrogen and oxygen atoms in total. The zero-order valence-corrected chi connectivity index (χ0v) is 16.5. The normalized spacial score (nSPS) is 24.9. The Hall–Kier alpha value is -2.67. The lowest BCUT2D eigenvalue weighted by Crippen LogP contribution is -2.60. The number of hydrogen-bond acceptors (Lipinski definition) is 7. The number of thiazole rings is 1. The van der Waals surface area contributed by atoms with Crippen LogP contribution in [-0.2, 0) is 24.5 Å². The average molecular weight is 386 g/mol. The Kier molecular flexibility index (Phi) is 5.32. The second kappa shape index (κ2) is 7.52. The molecule has 1 N–H and O–H groups in total. The molecule has 0 radical (unpaired) electrons. The molecule has 1 aromatic carbocycles. The summed E-state index contributed by atoms with van der Waals surface area (Å²) in [7, 11) is 2.70. The van der Waals surface area contributed by atoms with Crippen LogP contribution in [0.2, 0.25) is 0 Å². The zero-order valence-electron chi connectivity index (χ0n) is 15.7. The Bertz CT molecular complexity index is 863. The molecular weight excluding hydrogens is 364 g/mol. The van der Waals surface area contributed by atoms with E-state index in [-0.39, 0.29) is 6.04 Å². The first kappa shape index (κ1) is 19.1. The number of ether oxygens (including phenoxy) is 2. The molecule has 7 heteroatoms. The number of benzene rings is 1. The molecule has 0 saturated heterocycles. The number of methoxy groups -OCH3 is 2. The smallest absolute Gasteiger partial charge is 0.336 e. The molecule has 0 aliphatic carbocycles. The van der Waals surface area contributed by atoms with Crippen LogP contribution in [0.15, 0.2) is 53.2 Å². The number of rotatable bonds is 4. The molecule has 1 aromatic heterocycles. The molecule has 0 fully saturated rings. The van der Waals surface area contributed by atoms with Gasteiger partial charge in [-0.2, -0.15) is 0 Å². The monoisotopic (exact) mass is 386 g/mol. The van der Waals surface area contributed by atoms with Crippen LogP contribution in [0.3, 0.4) is 0 Å². The highest BCUT2D eigenvalue weighted by atomic mass is 32.1. The van der Waals surface area contributed by atoms with Crippen molar-refractivity contribution in [3.8, 4) is 0 Å². The third-order valence-corrected chi connectivity index (χ3v) is 6.04. The van der Waals surface area contributed by atoms with E-state index in [1.165, 1.54) is 25.6 Å². The number of hydrogen-bond donors (Lipinski definition) is 1. The minimum absolute atomic E-state index is 0.352. The lowest BCUT2D eigenvalue weighted by atomic mass is 9.62. The van der Waals surface area contributed by atoms with Crippen LogP contribution in [0.4, 0.5) is 0 Å². The molecule has 2 heterocycles. The van der Waals surface area contributed by atoms with Gasteiger partial charge in [-0.3, -0.25) is 4.79 Å². The molecule has 0 bridgehead atoms. The maximum atomic E-state index is 13.3. The lowest BCUT2D eigenvalue weighted by Gasteiger charge is -2.46. The first-order chi connectivity index (χ1) is 13.0. The third-order valence-electron chi connectivity index (χ3n) is 5.11. The molecule has 0 amide bonds. The summed E-state index contributed by atoms with van der Waals surface area (Å²) in [6, 6.07) is 9.13. The van der Waals surface area contributed by atoms with Crippen molar-refractivity contribution in [3.05, 3.63) is 63.7 Å². The van der Waals surface area contributed by atoms with Crippen LogP contribution in [0, 0.1) is 0 Å². The third kappa shape index (κ3) is 2.92. The van der Waals surface area contributed by atoms with Crippen LogP contribution in [-0.4, -0.2) is 37.2 Å². The standard InChI is InChI=1S/C20H22N2O4S/c1-12-15(17(23)25-3)16(14-8-6-5-7-9-14)20(13(2)22-12,19(24)26-4)18-21-10-11-27-18/h5-11,13,16,22H,1-4H3. The quantitative estimate of drug-likeness (QED) is 0.814. The molecule has 0 spiro atoms. The van der Waals surface area contributed by atoms with E-state index < -0.39 is 23.3 Å². The van der Waals surface area contributed by atoms with Crippen molar-refractivity contribution < 1.29 is 19.1 Å². The van der Waals surface area contributed by atoms with Gasteiger partial charge in [0.2, 0.25) is 0 Å². The minimum Gasteiger partial charge on any atom is -0.468 e. The summed E-state index contributed by atoms with van der Waals surface area (Å²) in [5.41, 5.74) is 0.709. The summed E-state index contributed by atoms with van der Waals surface area (Å²) >= 11 is 1.37. The first-order valence-electron chi connectivity index (χ1n) is 8.57. The molecule has 27 heavy (non-hydrogen) atoms. The van der Waals surface area contributed by atoms with E-state index in [4.69, 9.17) is 9.47 Å². The van der Waals surface area contributed by atoms with Gasteiger partial charge in [0.1, 0.15) is 5.01 Å². The molecule has 2 aromatic rings. The van der Waals surface area contributed by atoms with Crippen LogP contribution in [0.5, 0.6) is 0 Å². The number of esters is 2. The van der Waals surface area contributed by atoms with Crippen LogP contribution in [0.25, 0.3) is 0 Å². The molecule has 3 atom stereocenters. The average Bonchev–Trinajstić information content (AvgIpc) is 3.22. The fourth-order valence-electron chi connectivity index (χ4n) is 3.95. The fourth-order valence-corrected chi connectivity index (χ4v) is 4.90. The van der Waals surface area contributed by atoms with Crippen molar-refractivity contribution in [3.63, 3.8) is 0 Å². The Labute approximate surface area is 162 Å². The summed E-state index contributed by atoms with van der Waals surface area (Å²) in [5, 5.41) is 5.70. The van der Waals surface area contributed by atoms with E-state index in [0.717, 1.165) is 5.56 Å². The molecule has 0 saturated carbocycles. The Morgan fingerprint density at radius 1 is 1.19 bits per heavy atom. The highest BCUT2D eigenvalue weighted by Gasteiger charge is 2.60. The summed E-state index contributed by atoms with van der Waals surface area (Å²) in [5.74, 6) is -1.52. The number of nitrogens with one attached hydrogen (secondary N) is 1. The molecule has 142 valence electrons. The van der Waals surface area contributed by atoms with E-state index in [1.807, 2.05) is 49.6 Å². The largest absolute Gasteiger partial charge is 0.468 e. The molecule has 3 unspecified atom stereocenters. The number of aromatic nitrogens is 1. The predicted molar refractivity (Wildman–Crippen MR) is 102 cm³/mol. The summed E-state index contributed by atoms with van der Waals surface area (Å²) in [6.07, 6.45) is 1.66. The molecular formula is C20H22N2O4S. The second-order valence-corrected chi connectivity index (χ2v) is 7.33. The van der Waals surface area contributed by atoms with Crippen molar-refractivity contribution in [2.45, 2.75) is 31.2 Å². The summed E-state index contributed by atoms with van der Waals surface area (Å²) in [4.78, 5) is 30.5. The minimum atomic E-state index is -1.20. The van der Waals surface area contributed by atoms with Gasteiger partial charge in [-0.15, -0.1) is 11.3 Å². The summed E-state index contributed by atoms with van der Waals surface area (Å²) in [6.45, 7) is 3.73. The highest BCUT2D eigenvalue weighted by molar-refractivity contribution is 7.09. The van der Waals surface area contributed by atoms with Gasteiger partial charge in [0.05, 0.1) is 19.8 Å². The maximum absolute atomic E-state index is 13.3. The Balaban J connectivity index is 2.39. The van der Waals surface area contributed by atoms with E-state index in [0.29, 0.717) is 16.3 Å². The SMILES string of the molecule is COC(=O)C1=C(C)NC(C)C(C(=O)OC)(c2nccs2)C1c1ccccc1. The van der Waals surface area contributed by atoms with Crippen LogP contribution in [0.1, 0.15) is 30.3 Å². The van der Waals surface area contributed by atoms with Crippen molar-refractivity contribution in [2.75, 3.05) is 14.2 Å². The van der Waals surface area contributed by atoms with Gasteiger partial charge in [-0.05, 0) is 19.4 Å². The van der Waals surface area contributed by atoms with Crippen LogP contribution >= 0.6 is 11.3 Å². The molecule has 1 aliphatic rings. The van der Waals surface area contributed by atoms with Gasteiger partial charge < -0.3 is 14.8 Å². The predicted octanol–water partition coefficient (Wildman–Crippen LogP) is 2.78. The topological polar surface area (TPSA) is 77.5 Å². The highest BCUT2D eigenvalue weighted by Crippen LogP contribution is 2.51. The molecule has 1 aliphatic heterocycles. The van der Waals surface area contributed by atoms with Crippen molar-refractivity contribution in [1.29, 1.82) is 0 Å². The number of carbonyl (C=O) groups is 2. The van der Waals surface area contributed by atoms with Gasteiger partial charge in [0.25, 0.3) is 0 Å². The van der Waals surface area contributed by atoms with E-state index in [2.05, 4.69) is 10.3 Å². The Morgan fingerprint density at radius 2 is 1.89 bits per heavy atom. The second-order valence-electron chi connectivity index (χ2n) is 6.44. The number of nitrogens with zero attached hydrogens (tertiary/aromatic N) is 1. The number of carbonyl (C=O) groups excluding carboxylic acids is 2. The van der Waals surface area contributed by atoms with E-state index >= 15 is 0 Å². The summed E-state index contributed by atoms with van der Waals surface area (Å²) < 4.78 is 10.3. The van der Waals surface area contributed by atoms with Gasteiger partial charge in [0.15, 0.2) is 5.41 Å². The van der Waals surface area contributed by atoms with Crippen molar-refractivity contribution in [2.24, 2.45) is 0 Å². The van der Waals surface area contributed by atoms with Gasteiger partial charge in [-0.25, -0.2) is 9.78 Å². The van der Waals surface area contributed by atoms with Gasteiger partial charge in [0, 0.05) is 29.2 Å². The van der Waals surface area contributed by atoms with Crippen LogP contribution < -0.4 is 5.32 Å².